The van der Waals surface area contributed by atoms with Gasteiger partial charge < -0.3 is 0 Å². The third-order valence-corrected chi connectivity index (χ3v) is 3.46. The molecule has 0 aliphatic rings. The van der Waals surface area contributed by atoms with E-state index in [9.17, 15) is 5.26 Å². The van der Waals surface area contributed by atoms with Crippen molar-refractivity contribution >= 4 is 0 Å². The van der Waals surface area contributed by atoms with Gasteiger partial charge in [0.1, 0.15) is 0 Å². The van der Waals surface area contributed by atoms with Crippen LogP contribution in [0.4, 0.5) is 0 Å². The topological polar surface area (TPSA) is 71.4 Å². The van der Waals surface area contributed by atoms with Gasteiger partial charge in [0, 0.05) is 12.8 Å². The van der Waals surface area contributed by atoms with Crippen molar-refractivity contribution in [2.75, 3.05) is 0 Å². The number of benzene rings is 1. The second-order valence-electron chi connectivity index (χ2n) is 4.56. The normalized spacial score (nSPS) is 10.2. The van der Waals surface area contributed by atoms with E-state index in [1.165, 1.54) is 5.56 Å². The van der Waals surface area contributed by atoms with Gasteiger partial charge in [-0.1, -0.05) is 31.2 Å². The van der Waals surface area contributed by atoms with Gasteiger partial charge in [0.15, 0.2) is 0 Å². The van der Waals surface area contributed by atoms with Crippen molar-refractivity contribution in [2.24, 2.45) is 0 Å². The van der Waals surface area contributed by atoms with Crippen molar-refractivity contribution in [3.63, 3.8) is 0 Å². The van der Waals surface area contributed by atoms with E-state index < -0.39 is 5.41 Å². The summed E-state index contributed by atoms with van der Waals surface area (Å²) in [7, 11) is 0. The molecule has 0 heterocycles. The van der Waals surface area contributed by atoms with Gasteiger partial charge in [-0.3, -0.25) is 0 Å². The second kappa shape index (κ2) is 7.20. The number of hydrogen-bond donors (Lipinski definition) is 0. The maximum atomic E-state index is 9.54. The lowest BCUT2D eigenvalue weighted by Gasteiger charge is -2.25. The van der Waals surface area contributed by atoms with E-state index >= 15 is 0 Å². The summed E-state index contributed by atoms with van der Waals surface area (Å²) in [5.41, 5.74) is 1.42. The van der Waals surface area contributed by atoms with Crippen LogP contribution in [-0.2, 0) is 11.8 Å². The van der Waals surface area contributed by atoms with E-state index in [-0.39, 0.29) is 0 Å². The van der Waals surface area contributed by atoms with Gasteiger partial charge >= 0.3 is 0 Å². The quantitative estimate of drug-likeness (QED) is 0.775. The highest BCUT2D eigenvalue weighted by Gasteiger charge is 2.31. The van der Waals surface area contributed by atoms with Crippen LogP contribution >= 0.6 is 0 Å². The molecule has 19 heavy (non-hydrogen) atoms. The molecule has 1 rings (SSSR count). The SMILES string of the molecule is CCc1ccc(C(C#N)(CCC#N)CCC#N)cc1. The Labute approximate surface area is 114 Å². The molecule has 0 spiro atoms. The Bertz CT molecular complexity index is 505. The Morgan fingerprint density at radius 3 is 1.84 bits per heavy atom. The summed E-state index contributed by atoms with van der Waals surface area (Å²) in [5, 5.41) is 27.1. The molecule has 96 valence electrons. The number of nitriles is 3. The Morgan fingerprint density at radius 2 is 1.47 bits per heavy atom. The van der Waals surface area contributed by atoms with E-state index in [0.717, 1.165) is 12.0 Å². The smallest absolute Gasteiger partial charge is 0.0842 e. The molecule has 0 amide bonds. The first kappa shape index (κ1) is 14.7. The van der Waals surface area contributed by atoms with Crippen molar-refractivity contribution in [3.8, 4) is 18.2 Å². The fraction of sp³-hybridized carbons (Fsp3) is 0.438. The summed E-state index contributed by atoms with van der Waals surface area (Å²) < 4.78 is 0. The lowest BCUT2D eigenvalue weighted by Crippen LogP contribution is -2.24. The highest BCUT2D eigenvalue weighted by Crippen LogP contribution is 2.33. The van der Waals surface area contributed by atoms with Crippen LogP contribution in [0.5, 0.6) is 0 Å². The standard InChI is InChI=1S/C16H17N3/c1-2-14-5-7-15(8-6-14)16(13-19,9-3-11-17)10-4-12-18/h5-8H,2-4,9-10H2,1H3. The minimum absolute atomic E-state index is 0.328. The average Bonchev–Trinajstić information content (AvgIpc) is 2.48. The number of nitrogens with zero attached hydrogens (tertiary/aromatic N) is 3. The number of rotatable bonds is 6. The van der Waals surface area contributed by atoms with E-state index in [4.69, 9.17) is 10.5 Å². The molecule has 0 fully saturated rings. The van der Waals surface area contributed by atoms with Crippen LogP contribution in [0.1, 0.15) is 43.7 Å². The van der Waals surface area contributed by atoms with Gasteiger partial charge in [-0.25, -0.2) is 0 Å². The summed E-state index contributed by atoms with van der Waals surface area (Å²) in [5.74, 6) is 0. The Morgan fingerprint density at radius 1 is 0.947 bits per heavy atom. The molecule has 3 nitrogen and oxygen atoms in total. The van der Waals surface area contributed by atoms with Gasteiger partial charge in [-0.05, 0) is 30.4 Å². The summed E-state index contributed by atoms with van der Waals surface area (Å²) in [6.45, 7) is 2.08. The third kappa shape index (κ3) is 3.57. The molecule has 0 bridgehead atoms. The molecule has 0 radical (unpaired) electrons. The monoisotopic (exact) mass is 251 g/mol. The fourth-order valence-electron chi connectivity index (χ4n) is 2.19. The highest BCUT2D eigenvalue weighted by molar-refractivity contribution is 5.35. The van der Waals surface area contributed by atoms with Crippen LogP contribution in [-0.4, -0.2) is 0 Å². The summed E-state index contributed by atoms with van der Waals surface area (Å²) in [4.78, 5) is 0. The van der Waals surface area contributed by atoms with Crippen LogP contribution in [0.15, 0.2) is 24.3 Å². The minimum Gasteiger partial charge on any atom is -0.198 e. The van der Waals surface area contributed by atoms with Crippen molar-refractivity contribution < 1.29 is 0 Å². The molecule has 3 heteroatoms. The van der Waals surface area contributed by atoms with Crippen LogP contribution < -0.4 is 0 Å². The second-order valence-corrected chi connectivity index (χ2v) is 4.56. The summed E-state index contributed by atoms with van der Waals surface area (Å²) >= 11 is 0. The molecule has 0 atom stereocenters. The lowest BCUT2D eigenvalue weighted by atomic mass is 9.74. The lowest BCUT2D eigenvalue weighted by molar-refractivity contribution is 0.476. The first-order chi connectivity index (χ1) is 9.22. The van der Waals surface area contributed by atoms with Crippen LogP contribution in [0.25, 0.3) is 0 Å². The summed E-state index contributed by atoms with van der Waals surface area (Å²) in [6, 6.07) is 14.5. The Balaban J connectivity index is 3.09. The van der Waals surface area contributed by atoms with Crippen LogP contribution in [0.3, 0.4) is 0 Å². The van der Waals surface area contributed by atoms with Gasteiger partial charge in [0.25, 0.3) is 0 Å². The number of hydrogen-bond acceptors (Lipinski definition) is 3. The molecule has 1 aromatic carbocycles. The Hall–Kier alpha value is -2.31. The van der Waals surface area contributed by atoms with Gasteiger partial charge in [0.05, 0.1) is 23.6 Å². The number of aryl methyl sites for hydroxylation is 1. The predicted molar refractivity (Wildman–Crippen MR) is 72.8 cm³/mol. The van der Waals surface area contributed by atoms with Gasteiger partial charge in [-0.15, -0.1) is 0 Å². The zero-order valence-corrected chi connectivity index (χ0v) is 11.2. The van der Waals surface area contributed by atoms with E-state index in [2.05, 4.69) is 25.1 Å². The molecule has 0 saturated carbocycles. The molecule has 0 N–H and O–H groups in total. The molecule has 0 aliphatic heterocycles. The van der Waals surface area contributed by atoms with Gasteiger partial charge in [-0.2, -0.15) is 15.8 Å². The molecule has 1 aromatic rings. The van der Waals surface area contributed by atoms with E-state index in [1.54, 1.807) is 0 Å². The molecular weight excluding hydrogens is 234 g/mol. The molecule has 0 aliphatic carbocycles. The van der Waals surface area contributed by atoms with Gasteiger partial charge in [0.2, 0.25) is 0 Å². The third-order valence-electron chi connectivity index (χ3n) is 3.46. The zero-order valence-electron chi connectivity index (χ0n) is 11.2. The van der Waals surface area contributed by atoms with E-state index in [1.807, 2.05) is 24.3 Å². The minimum atomic E-state index is -0.711. The molecule has 0 saturated heterocycles. The first-order valence-electron chi connectivity index (χ1n) is 6.47. The van der Waals surface area contributed by atoms with Crippen molar-refractivity contribution in [1.29, 1.82) is 15.8 Å². The fourth-order valence-corrected chi connectivity index (χ4v) is 2.19. The van der Waals surface area contributed by atoms with Crippen molar-refractivity contribution in [3.05, 3.63) is 35.4 Å². The first-order valence-corrected chi connectivity index (χ1v) is 6.47. The van der Waals surface area contributed by atoms with Crippen molar-refractivity contribution in [2.45, 2.75) is 44.4 Å². The predicted octanol–water partition coefficient (Wildman–Crippen LogP) is 3.62. The van der Waals surface area contributed by atoms with Crippen molar-refractivity contribution in [1.82, 2.24) is 0 Å². The zero-order chi connectivity index (χ0) is 14.1. The highest BCUT2D eigenvalue weighted by atomic mass is 14.4. The maximum absolute atomic E-state index is 9.54. The average molecular weight is 251 g/mol. The van der Waals surface area contributed by atoms with Crippen LogP contribution in [0.2, 0.25) is 0 Å². The van der Waals surface area contributed by atoms with Crippen LogP contribution in [0, 0.1) is 34.0 Å². The summed E-state index contributed by atoms with van der Waals surface area (Å²) in [6.07, 6.45) is 2.57. The van der Waals surface area contributed by atoms with E-state index in [0.29, 0.717) is 25.7 Å². The molecule has 0 unspecified atom stereocenters. The Kier molecular flexibility index (Phi) is 5.59. The maximum Gasteiger partial charge on any atom is 0.0842 e. The molecular formula is C16H17N3. The largest absolute Gasteiger partial charge is 0.198 e. The molecule has 0 aromatic heterocycles.